The molecule has 1 aromatic carbocycles. The van der Waals surface area contributed by atoms with Gasteiger partial charge in [0.2, 0.25) is 11.8 Å². The SMILES string of the molecule is CCC(=O)Nc1onc(CC)c1-c1ccc(OC)c(S(=O)(=O)Cl)c1. The number of aryl methyl sites for hydroxylation is 1. The number of aromatic nitrogens is 1. The van der Waals surface area contributed by atoms with E-state index in [0.717, 1.165) is 0 Å². The Kier molecular flexibility index (Phi) is 5.51. The van der Waals surface area contributed by atoms with Crippen LogP contribution in [0.1, 0.15) is 26.0 Å². The first-order valence-electron chi connectivity index (χ1n) is 7.23. The van der Waals surface area contributed by atoms with Crippen LogP contribution in [0.5, 0.6) is 5.75 Å². The molecular weight excluding hydrogens is 356 g/mol. The van der Waals surface area contributed by atoms with Crippen LogP contribution in [0.2, 0.25) is 0 Å². The van der Waals surface area contributed by atoms with Crippen LogP contribution in [0.4, 0.5) is 5.88 Å². The van der Waals surface area contributed by atoms with E-state index in [0.29, 0.717) is 23.2 Å². The molecule has 0 bridgehead atoms. The molecule has 0 atom stereocenters. The summed E-state index contributed by atoms with van der Waals surface area (Å²) in [6.45, 7) is 3.58. The molecule has 1 aromatic heterocycles. The average molecular weight is 373 g/mol. The van der Waals surface area contributed by atoms with Crippen molar-refractivity contribution in [3.63, 3.8) is 0 Å². The fourth-order valence-corrected chi connectivity index (χ4v) is 3.21. The number of carbonyl (C=O) groups excluding carboxylic acids is 1. The highest BCUT2D eigenvalue weighted by Crippen LogP contribution is 2.37. The van der Waals surface area contributed by atoms with Gasteiger partial charge >= 0.3 is 0 Å². The molecule has 0 spiro atoms. The van der Waals surface area contributed by atoms with E-state index in [1.165, 1.54) is 19.2 Å². The molecule has 0 saturated heterocycles. The highest BCUT2D eigenvalue weighted by molar-refractivity contribution is 8.13. The molecule has 1 amide bonds. The Bertz CT molecular complexity index is 861. The van der Waals surface area contributed by atoms with Gasteiger partial charge in [0.15, 0.2) is 0 Å². The van der Waals surface area contributed by atoms with Crippen LogP contribution in [0.3, 0.4) is 0 Å². The Morgan fingerprint density at radius 3 is 2.62 bits per heavy atom. The van der Waals surface area contributed by atoms with Gasteiger partial charge in [-0.1, -0.05) is 25.1 Å². The maximum Gasteiger partial charge on any atom is 0.265 e. The molecule has 0 unspecified atom stereocenters. The van der Waals surface area contributed by atoms with Crippen LogP contribution in [-0.2, 0) is 20.3 Å². The number of nitrogens with zero attached hydrogens (tertiary/aromatic N) is 1. The Balaban J connectivity index is 2.63. The number of rotatable bonds is 6. The molecule has 1 heterocycles. The standard InChI is InChI=1S/C15H17ClN2O5S/c1-4-10-14(15(23-18-10)17-13(19)5-2)9-6-7-11(22-3)12(8-9)24(16,20)21/h6-8H,4-5H2,1-3H3,(H,17,19). The lowest BCUT2D eigenvalue weighted by Gasteiger charge is -2.09. The van der Waals surface area contributed by atoms with E-state index < -0.39 is 9.05 Å². The summed E-state index contributed by atoms with van der Waals surface area (Å²) < 4.78 is 33.8. The van der Waals surface area contributed by atoms with Crippen LogP contribution in [0.25, 0.3) is 11.1 Å². The van der Waals surface area contributed by atoms with Gasteiger partial charge in [0.25, 0.3) is 9.05 Å². The lowest BCUT2D eigenvalue weighted by molar-refractivity contribution is -0.116. The molecule has 130 valence electrons. The third-order valence-electron chi connectivity index (χ3n) is 3.39. The second kappa shape index (κ2) is 7.23. The summed E-state index contributed by atoms with van der Waals surface area (Å²) in [5.74, 6) is 0.0536. The summed E-state index contributed by atoms with van der Waals surface area (Å²) in [7, 11) is 2.82. The molecule has 2 aromatic rings. The Morgan fingerprint density at radius 1 is 1.38 bits per heavy atom. The monoisotopic (exact) mass is 372 g/mol. The van der Waals surface area contributed by atoms with Gasteiger partial charge in [0.1, 0.15) is 10.6 Å². The van der Waals surface area contributed by atoms with Crippen molar-refractivity contribution in [2.45, 2.75) is 31.6 Å². The lowest BCUT2D eigenvalue weighted by atomic mass is 10.0. The molecule has 0 saturated carbocycles. The molecule has 24 heavy (non-hydrogen) atoms. The highest BCUT2D eigenvalue weighted by Gasteiger charge is 2.23. The quantitative estimate of drug-likeness (QED) is 0.782. The van der Waals surface area contributed by atoms with Crippen molar-refractivity contribution in [2.75, 3.05) is 12.4 Å². The van der Waals surface area contributed by atoms with E-state index >= 15 is 0 Å². The van der Waals surface area contributed by atoms with Crippen LogP contribution >= 0.6 is 10.7 Å². The van der Waals surface area contributed by atoms with Crippen molar-refractivity contribution in [1.29, 1.82) is 0 Å². The summed E-state index contributed by atoms with van der Waals surface area (Å²) in [4.78, 5) is 11.5. The minimum absolute atomic E-state index is 0.127. The normalized spacial score (nSPS) is 11.3. The van der Waals surface area contributed by atoms with Crippen LogP contribution < -0.4 is 10.1 Å². The van der Waals surface area contributed by atoms with Crippen molar-refractivity contribution in [1.82, 2.24) is 5.16 Å². The number of nitrogens with one attached hydrogen (secondary N) is 1. The van der Waals surface area contributed by atoms with E-state index in [1.807, 2.05) is 6.92 Å². The Morgan fingerprint density at radius 2 is 2.08 bits per heavy atom. The molecule has 1 N–H and O–H groups in total. The largest absolute Gasteiger partial charge is 0.495 e. The third-order valence-corrected chi connectivity index (χ3v) is 4.73. The zero-order valence-corrected chi connectivity index (χ0v) is 15.0. The zero-order valence-electron chi connectivity index (χ0n) is 13.4. The van der Waals surface area contributed by atoms with Gasteiger partial charge in [-0.15, -0.1) is 0 Å². The summed E-state index contributed by atoms with van der Waals surface area (Å²) in [6, 6.07) is 4.51. The predicted octanol–water partition coefficient (Wildman–Crippen LogP) is 3.19. The van der Waals surface area contributed by atoms with E-state index in [2.05, 4.69) is 10.5 Å². The van der Waals surface area contributed by atoms with Crippen LogP contribution in [0, 0.1) is 0 Å². The minimum Gasteiger partial charge on any atom is -0.495 e. The molecule has 0 radical (unpaired) electrons. The molecule has 7 nitrogen and oxygen atoms in total. The Labute approximate surface area is 144 Å². The van der Waals surface area contributed by atoms with E-state index in [1.54, 1.807) is 13.0 Å². The van der Waals surface area contributed by atoms with Gasteiger partial charge in [-0.3, -0.25) is 10.1 Å². The topological polar surface area (TPSA) is 98.5 Å². The summed E-state index contributed by atoms with van der Waals surface area (Å²) in [6.07, 6.45) is 0.807. The molecule has 9 heteroatoms. The summed E-state index contributed by atoms with van der Waals surface area (Å²) in [5, 5.41) is 6.55. The van der Waals surface area contributed by atoms with Crippen molar-refractivity contribution < 1.29 is 22.5 Å². The van der Waals surface area contributed by atoms with E-state index in [9.17, 15) is 13.2 Å². The van der Waals surface area contributed by atoms with Crippen molar-refractivity contribution in [3.05, 3.63) is 23.9 Å². The molecule has 0 fully saturated rings. The van der Waals surface area contributed by atoms with Crippen molar-refractivity contribution in [3.8, 4) is 16.9 Å². The van der Waals surface area contributed by atoms with Gasteiger partial charge in [-0.25, -0.2) is 8.42 Å². The fourth-order valence-electron chi connectivity index (χ4n) is 2.19. The molecule has 2 rings (SSSR count). The number of halogens is 1. The number of hydrogen-bond acceptors (Lipinski definition) is 6. The minimum atomic E-state index is -4.01. The first-order valence-corrected chi connectivity index (χ1v) is 9.54. The maximum absolute atomic E-state index is 11.8. The van der Waals surface area contributed by atoms with E-state index in [-0.39, 0.29) is 28.9 Å². The zero-order chi connectivity index (χ0) is 17.9. The molecular formula is C15H17ClN2O5S. The smallest absolute Gasteiger partial charge is 0.265 e. The van der Waals surface area contributed by atoms with Gasteiger partial charge < -0.3 is 9.26 Å². The van der Waals surface area contributed by atoms with Gasteiger partial charge in [0, 0.05) is 17.1 Å². The second-order valence-electron chi connectivity index (χ2n) is 4.89. The van der Waals surface area contributed by atoms with Gasteiger partial charge in [-0.2, -0.15) is 0 Å². The number of benzene rings is 1. The second-order valence-corrected chi connectivity index (χ2v) is 7.43. The van der Waals surface area contributed by atoms with Crippen molar-refractivity contribution >= 4 is 31.5 Å². The number of carbonyl (C=O) groups is 1. The van der Waals surface area contributed by atoms with Gasteiger partial charge in [-0.05, 0) is 24.1 Å². The average Bonchev–Trinajstić information content (AvgIpc) is 2.95. The number of amides is 1. The number of methoxy groups -OCH3 is 1. The molecule has 0 aliphatic carbocycles. The first-order chi connectivity index (χ1) is 11.3. The number of hydrogen-bond donors (Lipinski definition) is 1. The number of ether oxygens (including phenoxy) is 1. The first kappa shape index (κ1) is 18.3. The van der Waals surface area contributed by atoms with Crippen LogP contribution in [-0.4, -0.2) is 26.6 Å². The number of anilines is 1. The maximum atomic E-state index is 11.8. The summed E-state index contributed by atoms with van der Waals surface area (Å²) in [5.41, 5.74) is 1.60. The molecule has 0 aliphatic heterocycles. The highest BCUT2D eigenvalue weighted by atomic mass is 35.7. The molecule has 0 aliphatic rings. The lowest BCUT2D eigenvalue weighted by Crippen LogP contribution is -2.09. The van der Waals surface area contributed by atoms with Gasteiger partial charge in [0.05, 0.1) is 18.4 Å². The summed E-state index contributed by atoms with van der Waals surface area (Å²) >= 11 is 0. The Hall–Kier alpha value is -2.06. The predicted molar refractivity (Wildman–Crippen MR) is 89.8 cm³/mol. The fraction of sp³-hybridized carbons (Fsp3) is 0.333. The third kappa shape index (κ3) is 3.70. The van der Waals surface area contributed by atoms with Crippen LogP contribution in [0.15, 0.2) is 27.6 Å². The van der Waals surface area contributed by atoms with Crippen molar-refractivity contribution in [2.24, 2.45) is 0 Å². The van der Waals surface area contributed by atoms with E-state index in [4.69, 9.17) is 19.9 Å².